The predicted molar refractivity (Wildman–Crippen MR) is 40.9 cm³/mol. The molecule has 0 radical (unpaired) electrons. The van der Waals surface area contributed by atoms with Gasteiger partial charge < -0.3 is 9.57 Å². The molecule has 1 aliphatic rings. The molecular formula is C6H14ClNO2. The van der Waals surface area contributed by atoms with Crippen molar-refractivity contribution in [2.75, 3.05) is 19.8 Å². The van der Waals surface area contributed by atoms with Gasteiger partial charge in [0.05, 0.1) is 6.61 Å². The van der Waals surface area contributed by atoms with Gasteiger partial charge >= 0.3 is 0 Å². The van der Waals surface area contributed by atoms with Crippen molar-refractivity contribution < 1.29 is 9.57 Å². The number of hydrogen-bond donors (Lipinski definition) is 1. The first kappa shape index (κ1) is 10.2. The lowest BCUT2D eigenvalue weighted by atomic mass is 10.0. The van der Waals surface area contributed by atoms with E-state index in [1.54, 1.807) is 0 Å². The van der Waals surface area contributed by atoms with Crippen LogP contribution in [-0.4, -0.2) is 19.8 Å². The van der Waals surface area contributed by atoms with Crippen LogP contribution in [-0.2, 0) is 9.57 Å². The molecule has 1 saturated heterocycles. The Balaban J connectivity index is 0.000000810. The molecule has 10 heavy (non-hydrogen) atoms. The maximum Gasteiger partial charge on any atom is 0.0709 e. The summed E-state index contributed by atoms with van der Waals surface area (Å²) in [6.45, 7) is 2.42. The second-order valence-corrected chi connectivity index (χ2v) is 2.39. The highest BCUT2D eigenvalue weighted by molar-refractivity contribution is 5.85. The SMILES string of the molecule is Cl.NOCC1CCOCC1. The average Bonchev–Trinajstić information content (AvgIpc) is 1.91. The summed E-state index contributed by atoms with van der Waals surface area (Å²) in [7, 11) is 0. The number of nitrogens with two attached hydrogens (primary N) is 1. The van der Waals surface area contributed by atoms with Gasteiger partial charge in [-0.05, 0) is 18.8 Å². The Kier molecular flexibility index (Phi) is 6.02. The van der Waals surface area contributed by atoms with Crippen molar-refractivity contribution in [3.63, 3.8) is 0 Å². The Labute approximate surface area is 67.2 Å². The zero-order chi connectivity index (χ0) is 6.53. The fourth-order valence-electron chi connectivity index (χ4n) is 1.05. The summed E-state index contributed by atoms with van der Waals surface area (Å²) in [5, 5.41) is 0. The zero-order valence-electron chi connectivity index (χ0n) is 5.91. The second kappa shape index (κ2) is 5.92. The summed E-state index contributed by atoms with van der Waals surface area (Å²) in [6, 6.07) is 0. The summed E-state index contributed by atoms with van der Waals surface area (Å²) in [4.78, 5) is 4.53. The Morgan fingerprint density at radius 2 is 2.00 bits per heavy atom. The number of ether oxygens (including phenoxy) is 1. The van der Waals surface area contributed by atoms with Crippen LogP contribution in [0.15, 0.2) is 0 Å². The third kappa shape index (κ3) is 3.37. The second-order valence-electron chi connectivity index (χ2n) is 2.39. The van der Waals surface area contributed by atoms with E-state index in [4.69, 9.17) is 10.6 Å². The molecule has 1 aliphatic heterocycles. The van der Waals surface area contributed by atoms with E-state index < -0.39 is 0 Å². The predicted octanol–water partition coefficient (Wildman–Crippen LogP) is 0.725. The third-order valence-electron chi connectivity index (χ3n) is 1.67. The van der Waals surface area contributed by atoms with Gasteiger partial charge in [0.2, 0.25) is 0 Å². The summed E-state index contributed by atoms with van der Waals surface area (Å²) in [6.07, 6.45) is 2.19. The van der Waals surface area contributed by atoms with Crippen LogP contribution < -0.4 is 5.90 Å². The van der Waals surface area contributed by atoms with Gasteiger partial charge in [-0.2, -0.15) is 0 Å². The molecule has 0 spiro atoms. The van der Waals surface area contributed by atoms with Crippen molar-refractivity contribution in [2.45, 2.75) is 12.8 Å². The van der Waals surface area contributed by atoms with Gasteiger partial charge in [-0.25, -0.2) is 5.90 Å². The molecule has 0 atom stereocenters. The third-order valence-corrected chi connectivity index (χ3v) is 1.67. The zero-order valence-corrected chi connectivity index (χ0v) is 6.73. The number of hydrogen-bond acceptors (Lipinski definition) is 3. The van der Waals surface area contributed by atoms with Crippen molar-refractivity contribution in [2.24, 2.45) is 11.8 Å². The van der Waals surface area contributed by atoms with E-state index in [0.717, 1.165) is 26.1 Å². The Morgan fingerprint density at radius 3 is 2.50 bits per heavy atom. The molecule has 3 nitrogen and oxygen atoms in total. The lowest BCUT2D eigenvalue weighted by Crippen LogP contribution is -2.21. The van der Waals surface area contributed by atoms with Crippen LogP contribution in [0.25, 0.3) is 0 Å². The highest BCUT2D eigenvalue weighted by atomic mass is 35.5. The fraction of sp³-hybridized carbons (Fsp3) is 1.00. The van der Waals surface area contributed by atoms with Crippen molar-refractivity contribution in [1.29, 1.82) is 0 Å². The van der Waals surface area contributed by atoms with E-state index in [0.29, 0.717) is 12.5 Å². The van der Waals surface area contributed by atoms with E-state index in [2.05, 4.69) is 4.84 Å². The molecule has 0 aromatic heterocycles. The average molecular weight is 168 g/mol. The molecule has 0 aliphatic carbocycles. The Morgan fingerprint density at radius 1 is 1.40 bits per heavy atom. The van der Waals surface area contributed by atoms with Gasteiger partial charge in [0.1, 0.15) is 0 Å². The van der Waals surface area contributed by atoms with Crippen molar-refractivity contribution in [3.8, 4) is 0 Å². The van der Waals surface area contributed by atoms with Crippen LogP contribution in [0.1, 0.15) is 12.8 Å². The first-order valence-electron chi connectivity index (χ1n) is 3.33. The Bertz CT molecular complexity index is 73.4. The molecule has 0 bridgehead atoms. The molecule has 4 heteroatoms. The molecular weight excluding hydrogens is 154 g/mol. The van der Waals surface area contributed by atoms with Gasteiger partial charge in [0, 0.05) is 13.2 Å². The Hall–Kier alpha value is 0.170. The minimum absolute atomic E-state index is 0. The largest absolute Gasteiger partial charge is 0.381 e. The van der Waals surface area contributed by atoms with Gasteiger partial charge in [-0.1, -0.05) is 0 Å². The highest BCUT2D eigenvalue weighted by Gasteiger charge is 2.12. The summed E-state index contributed by atoms with van der Waals surface area (Å²) in [5.74, 6) is 5.55. The highest BCUT2D eigenvalue weighted by Crippen LogP contribution is 2.13. The molecule has 0 unspecified atom stereocenters. The first-order valence-corrected chi connectivity index (χ1v) is 3.33. The maximum atomic E-state index is 5.15. The normalized spacial score (nSPS) is 20.1. The van der Waals surface area contributed by atoms with E-state index in [1.807, 2.05) is 0 Å². The lowest BCUT2D eigenvalue weighted by molar-refractivity contribution is 0.0204. The van der Waals surface area contributed by atoms with Crippen LogP contribution in [0.4, 0.5) is 0 Å². The van der Waals surface area contributed by atoms with Crippen LogP contribution in [0.3, 0.4) is 0 Å². The van der Waals surface area contributed by atoms with Gasteiger partial charge in [-0.3, -0.25) is 0 Å². The first-order chi connectivity index (χ1) is 4.43. The molecule has 1 rings (SSSR count). The maximum absolute atomic E-state index is 5.15. The topological polar surface area (TPSA) is 44.5 Å². The van der Waals surface area contributed by atoms with Crippen LogP contribution in [0.5, 0.6) is 0 Å². The smallest absolute Gasteiger partial charge is 0.0709 e. The summed E-state index contributed by atoms with van der Waals surface area (Å²) >= 11 is 0. The van der Waals surface area contributed by atoms with Crippen LogP contribution in [0.2, 0.25) is 0 Å². The standard InChI is InChI=1S/C6H13NO2.ClH/c7-9-5-6-1-3-8-4-2-6;/h6H,1-5,7H2;1H. The van der Waals surface area contributed by atoms with E-state index in [9.17, 15) is 0 Å². The van der Waals surface area contributed by atoms with Crippen molar-refractivity contribution >= 4 is 12.4 Å². The molecule has 2 N–H and O–H groups in total. The molecule has 1 heterocycles. The van der Waals surface area contributed by atoms with Crippen LogP contribution in [0, 0.1) is 5.92 Å². The van der Waals surface area contributed by atoms with Crippen LogP contribution >= 0.6 is 12.4 Å². The molecule has 0 aromatic rings. The molecule has 0 amide bonds. The molecule has 0 saturated carbocycles. The van der Waals surface area contributed by atoms with E-state index >= 15 is 0 Å². The molecule has 1 fully saturated rings. The quantitative estimate of drug-likeness (QED) is 0.617. The monoisotopic (exact) mass is 167 g/mol. The van der Waals surface area contributed by atoms with Crippen molar-refractivity contribution in [3.05, 3.63) is 0 Å². The minimum Gasteiger partial charge on any atom is -0.381 e. The molecule has 0 aromatic carbocycles. The van der Waals surface area contributed by atoms with Crippen molar-refractivity contribution in [1.82, 2.24) is 0 Å². The minimum atomic E-state index is 0. The van der Waals surface area contributed by atoms with Gasteiger partial charge in [-0.15, -0.1) is 12.4 Å². The number of halogens is 1. The lowest BCUT2D eigenvalue weighted by Gasteiger charge is -2.20. The van der Waals surface area contributed by atoms with Gasteiger partial charge in [0.15, 0.2) is 0 Å². The molecule has 62 valence electrons. The van der Waals surface area contributed by atoms with E-state index in [-0.39, 0.29) is 12.4 Å². The fourth-order valence-corrected chi connectivity index (χ4v) is 1.05. The number of rotatable bonds is 2. The summed E-state index contributed by atoms with van der Waals surface area (Å²) < 4.78 is 5.15. The van der Waals surface area contributed by atoms with E-state index in [1.165, 1.54) is 0 Å². The van der Waals surface area contributed by atoms with Gasteiger partial charge in [0.25, 0.3) is 0 Å². The summed E-state index contributed by atoms with van der Waals surface area (Å²) in [5.41, 5.74) is 0.